The maximum Gasteiger partial charge on any atom is 0.261 e. The molecule has 0 saturated carbocycles. The first kappa shape index (κ1) is 12.4. The summed E-state index contributed by atoms with van der Waals surface area (Å²) in [6, 6.07) is 2.86. The average Bonchev–Trinajstić information content (AvgIpc) is 2.60. The normalized spacial score (nSPS) is 14.7. The smallest absolute Gasteiger partial charge is 0.261 e. The Morgan fingerprint density at radius 2 is 2.40 bits per heavy atom. The van der Waals surface area contributed by atoms with Gasteiger partial charge in [-0.05, 0) is 19.1 Å². The van der Waals surface area contributed by atoms with Gasteiger partial charge < -0.3 is 16.2 Å². The molecule has 15 heavy (non-hydrogen) atoms. The number of rotatable bonds is 4. The summed E-state index contributed by atoms with van der Waals surface area (Å²) in [7, 11) is 0. The van der Waals surface area contributed by atoms with Crippen molar-refractivity contribution in [3.05, 3.63) is 21.3 Å². The fourth-order valence-corrected chi connectivity index (χ4v) is 1.86. The lowest BCUT2D eigenvalue weighted by molar-refractivity contribution is 0.0941. The van der Waals surface area contributed by atoms with Crippen LogP contribution < -0.4 is 11.1 Å². The van der Waals surface area contributed by atoms with Crippen LogP contribution in [0.15, 0.2) is 12.1 Å². The van der Waals surface area contributed by atoms with Gasteiger partial charge in [-0.2, -0.15) is 0 Å². The molecule has 0 bridgehead atoms. The van der Waals surface area contributed by atoms with Crippen molar-refractivity contribution in [1.29, 1.82) is 0 Å². The van der Waals surface area contributed by atoms with E-state index in [4.69, 9.17) is 22.4 Å². The predicted molar refractivity (Wildman–Crippen MR) is 61.3 cm³/mol. The molecule has 4 nitrogen and oxygen atoms in total. The Labute approximate surface area is 97.0 Å². The number of thiophene rings is 1. The second kappa shape index (κ2) is 5.46. The van der Waals surface area contributed by atoms with Gasteiger partial charge in [0.15, 0.2) is 0 Å². The molecule has 4 N–H and O–H groups in total. The molecule has 0 aliphatic carbocycles. The maximum absolute atomic E-state index is 11.5. The highest BCUT2D eigenvalue weighted by molar-refractivity contribution is 7.17. The number of nitrogens with one attached hydrogen (secondary N) is 1. The molecule has 1 rings (SSSR count). The molecular formula is C9H13ClN2O2S. The number of nitrogens with two attached hydrogens (primary N) is 1. The van der Waals surface area contributed by atoms with Crippen LogP contribution in [0.5, 0.6) is 0 Å². The molecule has 0 fully saturated rings. The number of aliphatic hydroxyl groups is 1. The molecule has 0 aliphatic rings. The van der Waals surface area contributed by atoms with Crippen LogP contribution in [0.25, 0.3) is 0 Å². The number of halogens is 1. The predicted octanol–water partition coefficient (Wildman–Crippen LogP) is 0.839. The van der Waals surface area contributed by atoms with Crippen LogP contribution in [0.4, 0.5) is 0 Å². The molecule has 0 aromatic carbocycles. The summed E-state index contributed by atoms with van der Waals surface area (Å²) in [6.07, 6.45) is -0.641. The van der Waals surface area contributed by atoms with E-state index in [1.165, 1.54) is 11.3 Å². The summed E-state index contributed by atoms with van der Waals surface area (Å²) in [6.45, 7) is 1.82. The molecule has 1 aromatic heterocycles. The van der Waals surface area contributed by atoms with Crippen molar-refractivity contribution >= 4 is 28.8 Å². The lowest BCUT2D eigenvalue weighted by Crippen LogP contribution is -2.43. The number of hydrogen-bond acceptors (Lipinski definition) is 4. The Kier molecular flexibility index (Phi) is 4.53. The van der Waals surface area contributed by atoms with Crippen LogP contribution in [-0.4, -0.2) is 29.7 Å². The molecular weight excluding hydrogens is 236 g/mol. The van der Waals surface area contributed by atoms with Gasteiger partial charge in [-0.15, -0.1) is 11.3 Å². The molecule has 0 radical (unpaired) electrons. The van der Waals surface area contributed by atoms with Gasteiger partial charge in [-0.1, -0.05) is 11.6 Å². The van der Waals surface area contributed by atoms with E-state index in [1.807, 2.05) is 0 Å². The molecule has 2 unspecified atom stereocenters. The number of aliphatic hydroxyl groups excluding tert-OH is 1. The van der Waals surface area contributed by atoms with Crippen molar-refractivity contribution in [1.82, 2.24) is 5.32 Å². The molecule has 1 amide bonds. The SMILES string of the molecule is CC(O)C(N)CNC(=O)c1ccc(Cl)s1. The molecule has 2 atom stereocenters. The first-order chi connectivity index (χ1) is 7.00. The van der Waals surface area contributed by atoms with Crippen LogP contribution in [0, 0.1) is 0 Å². The van der Waals surface area contributed by atoms with Crippen LogP contribution >= 0.6 is 22.9 Å². The van der Waals surface area contributed by atoms with Crippen LogP contribution in [0.3, 0.4) is 0 Å². The fraction of sp³-hybridized carbons (Fsp3) is 0.444. The Hall–Kier alpha value is -0.620. The minimum atomic E-state index is -0.641. The third kappa shape index (κ3) is 3.79. The zero-order chi connectivity index (χ0) is 11.4. The van der Waals surface area contributed by atoms with E-state index in [-0.39, 0.29) is 12.5 Å². The standard InChI is InChI=1S/C9H13ClN2O2S/c1-5(13)6(11)4-12-9(14)7-2-3-8(10)15-7/h2-3,5-6,13H,4,11H2,1H3,(H,12,14). The third-order valence-corrected chi connectivity index (χ3v) is 3.14. The second-order valence-electron chi connectivity index (χ2n) is 3.22. The Morgan fingerprint density at radius 1 is 1.73 bits per heavy atom. The number of carbonyl (C=O) groups excluding carboxylic acids is 1. The first-order valence-corrected chi connectivity index (χ1v) is 5.67. The number of carbonyl (C=O) groups is 1. The van der Waals surface area contributed by atoms with E-state index in [9.17, 15) is 4.79 Å². The largest absolute Gasteiger partial charge is 0.392 e. The van der Waals surface area contributed by atoms with Crippen molar-refractivity contribution < 1.29 is 9.90 Å². The van der Waals surface area contributed by atoms with E-state index < -0.39 is 12.1 Å². The van der Waals surface area contributed by atoms with Crippen molar-refractivity contribution in [3.8, 4) is 0 Å². The first-order valence-electron chi connectivity index (χ1n) is 4.48. The molecule has 0 saturated heterocycles. The van der Waals surface area contributed by atoms with E-state index in [0.717, 1.165) is 0 Å². The molecule has 6 heteroatoms. The van der Waals surface area contributed by atoms with E-state index >= 15 is 0 Å². The molecule has 0 spiro atoms. The lowest BCUT2D eigenvalue weighted by atomic mass is 10.2. The second-order valence-corrected chi connectivity index (χ2v) is 4.93. The highest BCUT2D eigenvalue weighted by atomic mass is 35.5. The van der Waals surface area contributed by atoms with Gasteiger partial charge >= 0.3 is 0 Å². The lowest BCUT2D eigenvalue weighted by Gasteiger charge is -2.14. The molecule has 1 aromatic rings. The van der Waals surface area contributed by atoms with E-state index in [0.29, 0.717) is 9.21 Å². The highest BCUT2D eigenvalue weighted by Crippen LogP contribution is 2.20. The van der Waals surface area contributed by atoms with Crippen molar-refractivity contribution in [3.63, 3.8) is 0 Å². The summed E-state index contributed by atoms with van der Waals surface area (Å²) in [5.74, 6) is -0.219. The van der Waals surface area contributed by atoms with Crippen LogP contribution in [0.1, 0.15) is 16.6 Å². The maximum atomic E-state index is 11.5. The quantitative estimate of drug-likeness (QED) is 0.739. The van der Waals surface area contributed by atoms with Gasteiger partial charge in [0.25, 0.3) is 5.91 Å². The highest BCUT2D eigenvalue weighted by Gasteiger charge is 2.12. The fourth-order valence-electron chi connectivity index (χ4n) is 0.905. The van der Waals surface area contributed by atoms with Crippen molar-refractivity contribution in [2.45, 2.75) is 19.1 Å². The Balaban J connectivity index is 2.43. The number of hydrogen-bond donors (Lipinski definition) is 3. The summed E-state index contributed by atoms with van der Waals surface area (Å²) in [5.41, 5.74) is 5.56. The summed E-state index contributed by atoms with van der Waals surface area (Å²) in [5, 5.41) is 11.7. The van der Waals surface area contributed by atoms with Crippen LogP contribution in [-0.2, 0) is 0 Å². The van der Waals surface area contributed by atoms with Gasteiger partial charge in [0.2, 0.25) is 0 Å². The Morgan fingerprint density at radius 3 is 2.87 bits per heavy atom. The minimum Gasteiger partial charge on any atom is -0.392 e. The molecule has 0 aliphatic heterocycles. The van der Waals surface area contributed by atoms with Gasteiger partial charge in [0.05, 0.1) is 15.3 Å². The van der Waals surface area contributed by atoms with E-state index in [1.54, 1.807) is 19.1 Å². The van der Waals surface area contributed by atoms with Gasteiger partial charge in [-0.25, -0.2) is 0 Å². The third-order valence-electron chi connectivity index (χ3n) is 1.91. The van der Waals surface area contributed by atoms with E-state index in [2.05, 4.69) is 5.32 Å². The zero-order valence-electron chi connectivity index (χ0n) is 8.24. The Bertz CT molecular complexity index is 341. The minimum absolute atomic E-state index is 0.219. The van der Waals surface area contributed by atoms with Crippen molar-refractivity contribution in [2.75, 3.05) is 6.54 Å². The van der Waals surface area contributed by atoms with Gasteiger partial charge in [0.1, 0.15) is 0 Å². The summed E-state index contributed by atoms with van der Waals surface area (Å²) in [4.78, 5) is 12.0. The zero-order valence-corrected chi connectivity index (χ0v) is 9.81. The summed E-state index contributed by atoms with van der Waals surface area (Å²) < 4.78 is 0.569. The topological polar surface area (TPSA) is 75.3 Å². The van der Waals surface area contributed by atoms with Crippen LogP contribution in [0.2, 0.25) is 4.34 Å². The van der Waals surface area contributed by atoms with Gasteiger partial charge in [-0.3, -0.25) is 4.79 Å². The average molecular weight is 249 g/mol. The van der Waals surface area contributed by atoms with Crippen molar-refractivity contribution in [2.24, 2.45) is 5.73 Å². The molecule has 1 heterocycles. The van der Waals surface area contributed by atoms with Gasteiger partial charge in [0, 0.05) is 12.6 Å². The monoisotopic (exact) mass is 248 g/mol. The number of amides is 1. The molecule has 84 valence electrons. The summed E-state index contributed by atoms with van der Waals surface area (Å²) >= 11 is 6.90.